The first-order valence-electron chi connectivity index (χ1n) is 10.2. The smallest absolute Gasteiger partial charge is 0.230 e. The quantitative estimate of drug-likeness (QED) is 0.406. The van der Waals surface area contributed by atoms with E-state index in [2.05, 4.69) is 15.5 Å². The Kier molecular flexibility index (Phi) is 6.52. The van der Waals surface area contributed by atoms with Gasteiger partial charge in [-0.15, -0.1) is 10.2 Å². The Labute approximate surface area is 185 Å². The van der Waals surface area contributed by atoms with Gasteiger partial charge in [-0.25, -0.2) is 0 Å². The van der Waals surface area contributed by atoms with E-state index in [1.54, 1.807) is 6.07 Å². The number of carbonyl (C=O) groups is 1. The zero-order valence-electron chi connectivity index (χ0n) is 17.3. The van der Waals surface area contributed by atoms with Crippen molar-refractivity contribution in [1.82, 2.24) is 20.1 Å². The van der Waals surface area contributed by atoms with Gasteiger partial charge in [0, 0.05) is 13.1 Å². The van der Waals surface area contributed by atoms with E-state index in [9.17, 15) is 9.90 Å². The fourth-order valence-electron chi connectivity index (χ4n) is 3.46. The van der Waals surface area contributed by atoms with Gasteiger partial charge in [-0.05, 0) is 41.8 Å². The number of aromatic nitrogens is 3. The third kappa shape index (κ3) is 4.88. The number of phenolic OH excluding ortho intramolecular Hbond substituents is 1. The van der Waals surface area contributed by atoms with E-state index in [4.69, 9.17) is 0 Å². The number of nitrogens with one attached hydrogen (secondary N) is 1. The standard InChI is InChI=1S/C24H24N4O2S/c1-2-28-23(20-14-18-10-6-7-11-19(18)15-21(20)29)26-27-24(28)31-16-22(30)25-13-12-17-8-4-3-5-9-17/h3-11,14-15,29H,2,12-13,16H2,1H3,(H,25,30). The summed E-state index contributed by atoms with van der Waals surface area (Å²) in [6.07, 6.45) is 0.799. The lowest BCUT2D eigenvalue weighted by molar-refractivity contribution is -0.118. The summed E-state index contributed by atoms with van der Waals surface area (Å²) in [5, 5.41) is 24.7. The molecule has 158 valence electrons. The summed E-state index contributed by atoms with van der Waals surface area (Å²) in [4.78, 5) is 12.3. The van der Waals surface area contributed by atoms with Crippen LogP contribution >= 0.6 is 11.8 Å². The van der Waals surface area contributed by atoms with Gasteiger partial charge in [0.2, 0.25) is 5.91 Å². The zero-order chi connectivity index (χ0) is 21.6. The number of phenols is 1. The molecule has 0 saturated carbocycles. The molecule has 2 N–H and O–H groups in total. The van der Waals surface area contributed by atoms with Crippen molar-refractivity contribution in [3.05, 3.63) is 72.3 Å². The van der Waals surface area contributed by atoms with E-state index in [1.807, 2.05) is 72.2 Å². The van der Waals surface area contributed by atoms with Gasteiger partial charge in [-0.1, -0.05) is 66.4 Å². The molecule has 4 aromatic rings. The second-order valence-corrected chi connectivity index (χ2v) is 8.08. The SMILES string of the molecule is CCn1c(SCC(=O)NCCc2ccccc2)nnc1-c1cc2ccccc2cc1O. The van der Waals surface area contributed by atoms with E-state index in [0.717, 1.165) is 17.2 Å². The average Bonchev–Trinajstić information content (AvgIpc) is 3.20. The van der Waals surface area contributed by atoms with Crippen LogP contribution in [0.15, 0.2) is 71.9 Å². The number of hydrogen-bond acceptors (Lipinski definition) is 5. The maximum Gasteiger partial charge on any atom is 0.230 e. The summed E-state index contributed by atoms with van der Waals surface area (Å²) >= 11 is 1.35. The summed E-state index contributed by atoms with van der Waals surface area (Å²) in [6.45, 7) is 3.22. The Morgan fingerprint density at radius 2 is 1.74 bits per heavy atom. The first kappa shape index (κ1) is 20.9. The van der Waals surface area contributed by atoms with Crippen molar-refractivity contribution in [2.24, 2.45) is 0 Å². The van der Waals surface area contributed by atoms with Crippen molar-refractivity contribution >= 4 is 28.4 Å². The average molecular weight is 433 g/mol. The van der Waals surface area contributed by atoms with E-state index in [-0.39, 0.29) is 17.4 Å². The topological polar surface area (TPSA) is 80.0 Å². The van der Waals surface area contributed by atoms with Crippen LogP contribution in [0.25, 0.3) is 22.2 Å². The highest BCUT2D eigenvalue weighted by molar-refractivity contribution is 7.99. The number of thioether (sulfide) groups is 1. The number of benzene rings is 3. The van der Waals surface area contributed by atoms with Crippen molar-refractivity contribution < 1.29 is 9.90 Å². The second kappa shape index (κ2) is 9.66. The molecular weight excluding hydrogens is 408 g/mol. The van der Waals surface area contributed by atoms with Gasteiger partial charge in [0.05, 0.1) is 11.3 Å². The summed E-state index contributed by atoms with van der Waals surface area (Å²) < 4.78 is 1.92. The molecule has 0 saturated heterocycles. The van der Waals surface area contributed by atoms with Gasteiger partial charge >= 0.3 is 0 Å². The lowest BCUT2D eigenvalue weighted by Gasteiger charge is -2.10. The number of aromatic hydroxyl groups is 1. The normalized spacial score (nSPS) is 11.0. The predicted octanol–water partition coefficient (Wildman–Crippen LogP) is 4.27. The van der Waals surface area contributed by atoms with E-state index in [0.29, 0.717) is 29.6 Å². The summed E-state index contributed by atoms with van der Waals surface area (Å²) in [5.41, 5.74) is 1.83. The van der Waals surface area contributed by atoms with E-state index >= 15 is 0 Å². The minimum absolute atomic E-state index is 0.0401. The van der Waals surface area contributed by atoms with E-state index < -0.39 is 0 Å². The van der Waals surface area contributed by atoms with Crippen LogP contribution in [-0.2, 0) is 17.8 Å². The van der Waals surface area contributed by atoms with Crippen molar-refractivity contribution in [2.45, 2.75) is 25.0 Å². The Morgan fingerprint density at radius 1 is 1.03 bits per heavy atom. The number of rotatable bonds is 8. The molecule has 1 amide bonds. The highest BCUT2D eigenvalue weighted by atomic mass is 32.2. The summed E-state index contributed by atoms with van der Waals surface area (Å²) in [5.74, 6) is 0.979. The number of fused-ring (bicyclic) bond motifs is 1. The molecule has 1 heterocycles. The van der Waals surface area contributed by atoms with Crippen LogP contribution in [-0.4, -0.2) is 38.1 Å². The molecule has 0 atom stereocenters. The van der Waals surface area contributed by atoms with Crippen LogP contribution in [0.4, 0.5) is 0 Å². The molecule has 6 nitrogen and oxygen atoms in total. The minimum Gasteiger partial charge on any atom is -0.507 e. The fourth-order valence-corrected chi connectivity index (χ4v) is 4.29. The first-order chi connectivity index (χ1) is 15.2. The summed E-state index contributed by atoms with van der Waals surface area (Å²) in [7, 11) is 0. The van der Waals surface area contributed by atoms with Gasteiger partial charge in [-0.3, -0.25) is 4.79 Å². The zero-order valence-corrected chi connectivity index (χ0v) is 18.1. The molecule has 0 fully saturated rings. The van der Waals surface area contributed by atoms with Crippen molar-refractivity contribution in [1.29, 1.82) is 0 Å². The molecule has 1 aromatic heterocycles. The van der Waals surface area contributed by atoms with Crippen LogP contribution < -0.4 is 5.32 Å². The molecule has 0 unspecified atom stereocenters. The van der Waals surface area contributed by atoms with Crippen LogP contribution in [0.3, 0.4) is 0 Å². The highest BCUT2D eigenvalue weighted by Crippen LogP contribution is 2.34. The molecule has 0 aliphatic rings. The predicted molar refractivity (Wildman–Crippen MR) is 124 cm³/mol. The molecule has 0 aliphatic heterocycles. The van der Waals surface area contributed by atoms with Crippen LogP contribution in [0, 0.1) is 0 Å². The Morgan fingerprint density at radius 3 is 2.48 bits per heavy atom. The van der Waals surface area contributed by atoms with Gasteiger partial charge in [-0.2, -0.15) is 0 Å². The maximum absolute atomic E-state index is 12.3. The van der Waals surface area contributed by atoms with Gasteiger partial charge in [0.1, 0.15) is 5.75 Å². The Bertz CT molecular complexity index is 1190. The molecule has 0 radical (unpaired) electrons. The molecule has 3 aromatic carbocycles. The summed E-state index contributed by atoms with van der Waals surface area (Å²) in [6, 6.07) is 21.6. The number of amides is 1. The lowest BCUT2D eigenvalue weighted by atomic mass is 10.1. The van der Waals surface area contributed by atoms with E-state index in [1.165, 1.54) is 17.3 Å². The third-order valence-electron chi connectivity index (χ3n) is 5.05. The van der Waals surface area contributed by atoms with Crippen molar-refractivity contribution in [2.75, 3.05) is 12.3 Å². The molecule has 4 rings (SSSR count). The largest absolute Gasteiger partial charge is 0.507 e. The number of carbonyl (C=O) groups excluding carboxylic acids is 1. The first-order valence-corrected chi connectivity index (χ1v) is 11.2. The fraction of sp³-hybridized carbons (Fsp3) is 0.208. The monoisotopic (exact) mass is 432 g/mol. The van der Waals surface area contributed by atoms with Crippen LogP contribution in [0.5, 0.6) is 5.75 Å². The van der Waals surface area contributed by atoms with Gasteiger partial charge < -0.3 is 15.0 Å². The third-order valence-corrected chi connectivity index (χ3v) is 6.02. The molecular formula is C24H24N4O2S. The number of hydrogen-bond donors (Lipinski definition) is 2. The molecule has 0 bridgehead atoms. The van der Waals surface area contributed by atoms with Crippen molar-refractivity contribution in [3.8, 4) is 17.1 Å². The molecule has 31 heavy (non-hydrogen) atoms. The minimum atomic E-state index is -0.0401. The maximum atomic E-state index is 12.3. The van der Waals surface area contributed by atoms with Crippen LogP contribution in [0.2, 0.25) is 0 Å². The second-order valence-electron chi connectivity index (χ2n) is 7.14. The molecule has 0 spiro atoms. The van der Waals surface area contributed by atoms with Crippen molar-refractivity contribution in [3.63, 3.8) is 0 Å². The Hall–Kier alpha value is -3.32. The lowest BCUT2D eigenvalue weighted by Crippen LogP contribution is -2.27. The molecule has 7 heteroatoms. The Balaban J connectivity index is 1.42. The molecule has 0 aliphatic carbocycles. The highest BCUT2D eigenvalue weighted by Gasteiger charge is 2.17. The van der Waals surface area contributed by atoms with Gasteiger partial charge in [0.15, 0.2) is 11.0 Å². The number of nitrogens with zero attached hydrogens (tertiary/aromatic N) is 3. The van der Waals surface area contributed by atoms with Crippen LogP contribution in [0.1, 0.15) is 12.5 Å². The van der Waals surface area contributed by atoms with Gasteiger partial charge in [0.25, 0.3) is 0 Å².